The van der Waals surface area contributed by atoms with E-state index < -0.39 is 0 Å². The quantitative estimate of drug-likeness (QED) is 0.773. The molecule has 4 heteroatoms. The molecule has 1 aromatic heterocycles. The molecule has 2 unspecified atom stereocenters. The molecule has 2 rings (SSSR count). The molecular formula is C11H16BrN3. The van der Waals surface area contributed by atoms with E-state index >= 15 is 0 Å². The molecule has 1 fully saturated rings. The van der Waals surface area contributed by atoms with Gasteiger partial charge in [-0.1, -0.05) is 22.9 Å². The molecule has 0 aromatic carbocycles. The van der Waals surface area contributed by atoms with Crippen LogP contribution in [0.3, 0.4) is 0 Å². The highest BCUT2D eigenvalue weighted by atomic mass is 79.9. The Bertz CT molecular complexity index is 342. The minimum atomic E-state index is 0.569. The fraction of sp³-hybridized carbons (Fsp3) is 0.636. The maximum absolute atomic E-state index is 4.35. The molecule has 2 heterocycles. The third-order valence-corrected chi connectivity index (χ3v) is 3.79. The van der Waals surface area contributed by atoms with Gasteiger partial charge < -0.3 is 4.90 Å². The number of hydrogen-bond acceptors (Lipinski definition) is 3. The summed E-state index contributed by atoms with van der Waals surface area (Å²) in [6.45, 7) is 5.42. The molecule has 3 nitrogen and oxygen atoms in total. The molecule has 1 aromatic rings. The van der Waals surface area contributed by atoms with E-state index in [0.717, 1.165) is 29.3 Å². The van der Waals surface area contributed by atoms with Gasteiger partial charge in [-0.15, -0.1) is 0 Å². The van der Waals surface area contributed by atoms with Crippen LogP contribution in [0.2, 0.25) is 0 Å². The Morgan fingerprint density at radius 3 is 3.00 bits per heavy atom. The summed E-state index contributed by atoms with van der Waals surface area (Å²) in [5.41, 5.74) is 1.04. The predicted octanol–water partition coefficient (Wildman–Crippen LogP) is 2.39. The van der Waals surface area contributed by atoms with E-state index in [9.17, 15) is 0 Å². The number of rotatable bonds is 2. The summed E-state index contributed by atoms with van der Waals surface area (Å²) >= 11 is 3.59. The van der Waals surface area contributed by atoms with Gasteiger partial charge in [0.15, 0.2) is 0 Å². The lowest BCUT2D eigenvalue weighted by Gasteiger charge is -2.26. The summed E-state index contributed by atoms with van der Waals surface area (Å²) in [7, 11) is 0. The van der Waals surface area contributed by atoms with Gasteiger partial charge in [-0.25, -0.2) is 9.97 Å². The average molecular weight is 270 g/mol. The van der Waals surface area contributed by atoms with E-state index in [4.69, 9.17) is 0 Å². The van der Waals surface area contributed by atoms with Crippen molar-refractivity contribution in [3.63, 3.8) is 0 Å². The minimum Gasteiger partial charge on any atom is -0.352 e. The first-order valence-electron chi connectivity index (χ1n) is 5.33. The summed E-state index contributed by atoms with van der Waals surface area (Å²) in [6.07, 6.45) is 2.90. The molecule has 15 heavy (non-hydrogen) atoms. The Kier molecular flexibility index (Phi) is 3.24. The largest absolute Gasteiger partial charge is 0.352 e. The van der Waals surface area contributed by atoms with Crippen LogP contribution in [0.15, 0.2) is 12.4 Å². The van der Waals surface area contributed by atoms with E-state index in [-0.39, 0.29) is 0 Å². The second-order valence-electron chi connectivity index (χ2n) is 4.20. The first-order valence-corrected chi connectivity index (χ1v) is 6.45. The molecule has 1 aliphatic heterocycles. The van der Waals surface area contributed by atoms with Crippen LogP contribution in [0.4, 0.5) is 5.82 Å². The molecule has 82 valence electrons. The van der Waals surface area contributed by atoms with E-state index in [2.05, 4.69) is 43.8 Å². The Hall–Kier alpha value is -0.640. The molecule has 0 N–H and O–H groups in total. The van der Waals surface area contributed by atoms with Crippen LogP contribution in [-0.4, -0.2) is 27.9 Å². The standard InChI is InChI=1S/C11H16BrN3/c1-8-3-4-15(10(8)6-12)11-5-9(2)13-7-14-11/h5,7-8,10H,3-4,6H2,1-2H3. The zero-order valence-corrected chi connectivity index (χ0v) is 10.7. The molecule has 0 spiro atoms. The Labute approximate surface area is 99.0 Å². The maximum atomic E-state index is 4.35. The zero-order chi connectivity index (χ0) is 10.8. The van der Waals surface area contributed by atoms with Crippen LogP contribution in [0, 0.1) is 12.8 Å². The van der Waals surface area contributed by atoms with Crippen molar-refractivity contribution < 1.29 is 0 Å². The lowest BCUT2D eigenvalue weighted by atomic mass is 10.1. The van der Waals surface area contributed by atoms with Crippen LogP contribution in [0.25, 0.3) is 0 Å². The van der Waals surface area contributed by atoms with Gasteiger partial charge in [0.2, 0.25) is 0 Å². The van der Waals surface area contributed by atoms with E-state index in [1.54, 1.807) is 6.33 Å². The van der Waals surface area contributed by atoms with Crippen LogP contribution < -0.4 is 4.90 Å². The second kappa shape index (κ2) is 4.47. The number of nitrogens with zero attached hydrogens (tertiary/aromatic N) is 3. The lowest BCUT2D eigenvalue weighted by Crippen LogP contribution is -2.34. The highest BCUT2D eigenvalue weighted by Gasteiger charge is 2.30. The fourth-order valence-electron chi connectivity index (χ4n) is 2.13. The average Bonchev–Trinajstić information content (AvgIpc) is 2.59. The van der Waals surface area contributed by atoms with Gasteiger partial charge in [-0.05, 0) is 19.3 Å². The van der Waals surface area contributed by atoms with E-state index in [0.29, 0.717) is 6.04 Å². The maximum Gasteiger partial charge on any atom is 0.132 e. The van der Waals surface area contributed by atoms with E-state index in [1.165, 1.54) is 6.42 Å². The molecule has 0 saturated carbocycles. The Morgan fingerprint density at radius 2 is 2.33 bits per heavy atom. The van der Waals surface area contributed by atoms with Crippen LogP contribution in [-0.2, 0) is 0 Å². The normalized spacial score (nSPS) is 25.9. The topological polar surface area (TPSA) is 29.0 Å². The molecule has 0 amide bonds. The summed E-state index contributed by atoms with van der Waals surface area (Å²) in [6, 6.07) is 2.63. The number of aryl methyl sites for hydroxylation is 1. The number of hydrogen-bond donors (Lipinski definition) is 0. The summed E-state index contributed by atoms with van der Waals surface area (Å²) in [5, 5.41) is 1.01. The fourth-order valence-corrected chi connectivity index (χ4v) is 3.11. The number of anilines is 1. The van der Waals surface area contributed by atoms with Crippen molar-refractivity contribution in [1.29, 1.82) is 0 Å². The number of aromatic nitrogens is 2. The second-order valence-corrected chi connectivity index (χ2v) is 4.85. The van der Waals surface area contributed by atoms with Crippen molar-refractivity contribution in [3.8, 4) is 0 Å². The van der Waals surface area contributed by atoms with Gasteiger partial charge in [-0.3, -0.25) is 0 Å². The molecular weight excluding hydrogens is 254 g/mol. The first-order chi connectivity index (χ1) is 7.22. The summed E-state index contributed by atoms with van der Waals surface area (Å²) in [4.78, 5) is 10.9. The smallest absolute Gasteiger partial charge is 0.132 e. The van der Waals surface area contributed by atoms with Gasteiger partial charge in [0, 0.05) is 29.7 Å². The highest BCUT2D eigenvalue weighted by molar-refractivity contribution is 9.09. The number of alkyl halides is 1. The zero-order valence-electron chi connectivity index (χ0n) is 9.15. The van der Waals surface area contributed by atoms with Crippen molar-refractivity contribution in [2.45, 2.75) is 26.3 Å². The van der Waals surface area contributed by atoms with Gasteiger partial charge in [0.1, 0.15) is 12.1 Å². The van der Waals surface area contributed by atoms with Crippen molar-refractivity contribution in [2.24, 2.45) is 5.92 Å². The highest BCUT2D eigenvalue weighted by Crippen LogP contribution is 2.29. The molecule has 0 radical (unpaired) electrons. The lowest BCUT2D eigenvalue weighted by molar-refractivity contribution is 0.553. The summed E-state index contributed by atoms with van der Waals surface area (Å²) in [5.74, 6) is 1.80. The molecule has 2 atom stereocenters. The number of halogens is 1. The monoisotopic (exact) mass is 269 g/mol. The molecule has 0 aliphatic carbocycles. The molecule has 1 saturated heterocycles. The van der Waals surface area contributed by atoms with Crippen molar-refractivity contribution in [2.75, 3.05) is 16.8 Å². The van der Waals surface area contributed by atoms with Crippen LogP contribution in [0.1, 0.15) is 19.0 Å². The first kappa shape index (κ1) is 10.9. The van der Waals surface area contributed by atoms with Gasteiger partial charge in [-0.2, -0.15) is 0 Å². The van der Waals surface area contributed by atoms with Crippen molar-refractivity contribution in [3.05, 3.63) is 18.1 Å². The molecule has 0 bridgehead atoms. The van der Waals surface area contributed by atoms with Crippen molar-refractivity contribution in [1.82, 2.24) is 9.97 Å². The molecule has 1 aliphatic rings. The van der Waals surface area contributed by atoms with Gasteiger partial charge >= 0.3 is 0 Å². The van der Waals surface area contributed by atoms with Crippen LogP contribution in [0.5, 0.6) is 0 Å². The van der Waals surface area contributed by atoms with Gasteiger partial charge in [0.25, 0.3) is 0 Å². The minimum absolute atomic E-state index is 0.569. The van der Waals surface area contributed by atoms with Gasteiger partial charge in [0.05, 0.1) is 0 Å². The Morgan fingerprint density at radius 1 is 1.53 bits per heavy atom. The summed E-state index contributed by atoms with van der Waals surface area (Å²) < 4.78 is 0. The third kappa shape index (κ3) is 2.14. The van der Waals surface area contributed by atoms with Crippen LogP contribution >= 0.6 is 15.9 Å². The SMILES string of the molecule is Cc1cc(N2CCC(C)C2CBr)ncn1. The van der Waals surface area contributed by atoms with Crippen molar-refractivity contribution >= 4 is 21.7 Å². The Balaban J connectivity index is 2.23. The third-order valence-electron chi connectivity index (χ3n) is 3.12. The van der Waals surface area contributed by atoms with E-state index in [1.807, 2.05) is 6.92 Å². The predicted molar refractivity (Wildman–Crippen MR) is 65.5 cm³/mol.